The first kappa shape index (κ1) is 16.7. The number of ether oxygens (including phenoxy) is 2. The highest BCUT2D eigenvalue weighted by atomic mass is 32.2. The van der Waals surface area contributed by atoms with Crippen molar-refractivity contribution in [2.24, 2.45) is 0 Å². The summed E-state index contributed by atoms with van der Waals surface area (Å²) >= 11 is 1.90. The van der Waals surface area contributed by atoms with E-state index in [0.29, 0.717) is 0 Å². The van der Waals surface area contributed by atoms with Crippen molar-refractivity contribution in [1.29, 1.82) is 0 Å². The van der Waals surface area contributed by atoms with E-state index in [1.807, 2.05) is 11.8 Å². The van der Waals surface area contributed by atoms with Crippen molar-refractivity contribution in [3.05, 3.63) is 0 Å². The summed E-state index contributed by atoms with van der Waals surface area (Å²) in [6.45, 7) is 5.06. The van der Waals surface area contributed by atoms with Crippen LogP contribution in [0.3, 0.4) is 0 Å². The molecule has 0 spiro atoms. The Morgan fingerprint density at radius 1 is 1.07 bits per heavy atom. The highest BCUT2D eigenvalue weighted by Gasteiger charge is 1.94. The zero-order valence-electron chi connectivity index (χ0n) is 9.87. The van der Waals surface area contributed by atoms with Gasteiger partial charge in [0.2, 0.25) is 0 Å². The topological polar surface area (TPSA) is 52.6 Å². The number of hydrogen-bond acceptors (Lipinski definition) is 5. The van der Waals surface area contributed by atoms with Gasteiger partial charge in [0, 0.05) is 13.8 Å². The van der Waals surface area contributed by atoms with E-state index in [9.17, 15) is 9.59 Å². The fourth-order valence-corrected chi connectivity index (χ4v) is 0.983. The zero-order valence-corrected chi connectivity index (χ0v) is 10.7. The Bertz CT molecular complexity index is 153. The monoisotopic (exact) mass is 236 g/mol. The van der Waals surface area contributed by atoms with Crippen molar-refractivity contribution in [2.45, 2.75) is 27.2 Å². The summed E-state index contributed by atoms with van der Waals surface area (Å²) in [4.78, 5) is 20.3. The van der Waals surface area contributed by atoms with Gasteiger partial charge in [0.25, 0.3) is 0 Å². The summed E-state index contributed by atoms with van der Waals surface area (Å²) in [7, 11) is 0. The molecule has 0 fully saturated rings. The van der Waals surface area contributed by atoms with Crippen molar-refractivity contribution in [1.82, 2.24) is 0 Å². The molecule has 0 heterocycles. The van der Waals surface area contributed by atoms with Crippen LogP contribution in [0.15, 0.2) is 0 Å². The van der Waals surface area contributed by atoms with Gasteiger partial charge in [-0.05, 0) is 18.4 Å². The van der Waals surface area contributed by atoms with Crippen LogP contribution in [0.5, 0.6) is 0 Å². The Kier molecular flexibility index (Phi) is 14.8. The number of carbonyl (C=O) groups is 2. The molecule has 0 atom stereocenters. The molecule has 0 rings (SSSR count). The summed E-state index contributed by atoms with van der Waals surface area (Å²) in [5.41, 5.74) is 0. The maximum atomic E-state index is 10.1. The second-order valence-corrected chi connectivity index (χ2v) is 3.66. The van der Waals surface area contributed by atoms with Gasteiger partial charge < -0.3 is 9.47 Å². The number of hydrogen-bond donors (Lipinski definition) is 0. The minimum Gasteiger partial charge on any atom is -0.462 e. The van der Waals surface area contributed by atoms with Gasteiger partial charge in [-0.1, -0.05) is 6.92 Å². The Balaban J connectivity index is 0. The number of carbonyl (C=O) groups excluding carboxylic acids is 2. The highest BCUT2D eigenvalue weighted by Crippen LogP contribution is 1.91. The van der Waals surface area contributed by atoms with Crippen LogP contribution in [0.1, 0.15) is 27.2 Å². The van der Waals surface area contributed by atoms with Crippen LogP contribution in [-0.4, -0.2) is 37.2 Å². The first-order chi connectivity index (χ1) is 7.04. The fraction of sp³-hybridized carbons (Fsp3) is 0.800. The Hall–Kier alpha value is -0.710. The number of esters is 2. The summed E-state index contributed by atoms with van der Waals surface area (Å²) in [5, 5.41) is 0. The van der Waals surface area contributed by atoms with Gasteiger partial charge in [-0.3, -0.25) is 9.59 Å². The third kappa shape index (κ3) is 24.6. The standard InChI is InChI=1S/C6H10O4.C4H10S/c1-5(7)9-3-4-10-6(2)8;1-3-4-5-2/h3-4H2,1-2H3;3-4H2,1-2H3. The van der Waals surface area contributed by atoms with E-state index in [1.54, 1.807) is 0 Å². The fourth-order valence-electron chi connectivity index (χ4n) is 0.575. The van der Waals surface area contributed by atoms with E-state index in [2.05, 4.69) is 22.7 Å². The molecule has 90 valence electrons. The lowest BCUT2D eigenvalue weighted by Gasteiger charge is -2.00. The summed E-state index contributed by atoms with van der Waals surface area (Å²) < 4.78 is 8.95. The van der Waals surface area contributed by atoms with Crippen LogP contribution in [-0.2, 0) is 19.1 Å². The SMILES string of the molecule is CC(=O)OCCOC(C)=O.CCCSC. The van der Waals surface area contributed by atoms with Gasteiger partial charge in [-0.2, -0.15) is 11.8 Å². The van der Waals surface area contributed by atoms with Gasteiger partial charge in [-0.15, -0.1) is 0 Å². The maximum absolute atomic E-state index is 10.1. The molecule has 0 bridgehead atoms. The Morgan fingerprint density at radius 2 is 1.47 bits per heavy atom. The number of thioether (sulfide) groups is 1. The van der Waals surface area contributed by atoms with Crippen molar-refractivity contribution < 1.29 is 19.1 Å². The third-order valence-corrected chi connectivity index (χ3v) is 1.92. The molecule has 0 aliphatic rings. The predicted molar refractivity (Wildman–Crippen MR) is 61.9 cm³/mol. The Morgan fingerprint density at radius 3 is 1.60 bits per heavy atom. The van der Waals surface area contributed by atoms with Crippen LogP contribution >= 0.6 is 11.8 Å². The van der Waals surface area contributed by atoms with Gasteiger partial charge in [0.1, 0.15) is 13.2 Å². The third-order valence-electron chi connectivity index (χ3n) is 1.10. The van der Waals surface area contributed by atoms with E-state index < -0.39 is 0 Å². The average molecular weight is 236 g/mol. The van der Waals surface area contributed by atoms with Gasteiger partial charge >= 0.3 is 11.9 Å². The first-order valence-electron chi connectivity index (χ1n) is 4.80. The highest BCUT2D eigenvalue weighted by molar-refractivity contribution is 7.98. The Labute approximate surface area is 95.7 Å². The normalized spacial score (nSPS) is 8.53. The van der Waals surface area contributed by atoms with E-state index in [-0.39, 0.29) is 25.2 Å². The number of rotatable bonds is 5. The lowest BCUT2D eigenvalue weighted by Crippen LogP contribution is -2.09. The summed E-state index contributed by atoms with van der Waals surface area (Å²) in [6, 6.07) is 0. The molecular weight excluding hydrogens is 216 g/mol. The van der Waals surface area contributed by atoms with E-state index in [0.717, 1.165) is 0 Å². The minimum absolute atomic E-state index is 0.134. The van der Waals surface area contributed by atoms with Crippen molar-refractivity contribution in [2.75, 3.05) is 25.2 Å². The molecule has 0 amide bonds. The van der Waals surface area contributed by atoms with Gasteiger partial charge in [0.15, 0.2) is 0 Å². The van der Waals surface area contributed by atoms with Crippen LogP contribution in [0.2, 0.25) is 0 Å². The molecule has 0 saturated carbocycles. The molecule has 15 heavy (non-hydrogen) atoms. The second kappa shape index (κ2) is 13.3. The molecule has 0 aliphatic carbocycles. The summed E-state index contributed by atoms with van der Waals surface area (Å²) in [5.74, 6) is 0.569. The van der Waals surface area contributed by atoms with Crippen LogP contribution in [0, 0.1) is 0 Å². The molecule has 0 unspecified atom stereocenters. The molecule has 0 N–H and O–H groups in total. The molecule has 0 aromatic rings. The average Bonchev–Trinajstić information content (AvgIpc) is 2.14. The molecule has 4 nitrogen and oxygen atoms in total. The molecular formula is C10H20O4S. The van der Waals surface area contributed by atoms with Crippen molar-refractivity contribution in [3.8, 4) is 0 Å². The van der Waals surface area contributed by atoms with Crippen molar-refractivity contribution in [3.63, 3.8) is 0 Å². The van der Waals surface area contributed by atoms with Gasteiger partial charge in [0.05, 0.1) is 0 Å². The summed E-state index contributed by atoms with van der Waals surface area (Å²) in [6.07, 6.45) is 3.44. The van der Waals surface area contributed by atoms with Crippen molar-refractivity contribution >= 4 is 23.7 Å². The lowest BCUT2D eigenvalue weighted by atomic mass is 10.6. The maximum Gasteiger partial charge on any atom is 0.302 e. The lowest BCUT2D eigenvalue weighted by molar-refractivity contribution is -0.149. The smallest absolute Gasteiger partial charge is 0.302 e. The molecule has 0 saturated heterocycles. The van der Waals surface area contributed by atoms with Crippen LogP contribution in [0.25, 0.3) is 0 Å². The molecule has 0 aliphatic heterocycles. The largest absolute Gasteiger partial charge is 0.462 e. The molecule has 0 aromatic carbocycles. The second-order valence-electron chi connectivity index (χ2n) is 2.67. The molecule has 5 heteroatoms. The predicted octanol–water partition coefficient (Wildman–Crippen LogP) is 1.87. The van der Waals surface area contributed by atoms with Crippen LogP contribution < -0.4 is 0 Å². The van der Waals surface area contributed by atoms with E-state index in [1.165, 1.54) is 26.0 Å². The minimum atomic E-state index is -0.368. The van der Waals surface area contributed by atoms with E-state index in [4.69, 9.17) is 0 Å². The first-order valence-corrected chi connectivity index (χ1v) is 6.19. The quantitative estimate of drug-likeness (QED) is 0.539. The van der Waals surface area contributed by atoms with Gasteiger partial charge in [-0.25, -0.2) is 0 Å². The molecule has 0 radical (unpaired) electrons. The zero-order chi connectivity index (χ0) is 12.1. The van der Waals surface area contributed by atoms with E-state index >= 15 is 0 Å². The van der Waals surface area contributed by atoms with Crippen LogP contribution in [0.4, 0.5) is 0 Å². The molecule has 0 aromatic heterocycles.